The lowest BCUT2D eigenvalue weighted by Gasteiger charge is -2.14. The van der Waals surface area contributed by atoms with Gasteiger partial charge in [0.15, 0.2) is 5.96 Å². The third kappa shape index (κ3) is 8.25. The van der Waals surface area contributed by atoms with E-state index in [-0.39, 0.29) is 24.0 Å². The highest BCUT2D eigenvalue weighted by molar-refractivity contribution is 14.0. The van der Waals surface area contributed by atoms with Crippen LogP contribution in [0, 0.1) is 0 Å². The van der Waals surface area contributed by atoms with Crippen LogP contribution in [0.25, 0.3) is 0 Å². The summed E-state index contributed by atoms with van der Waals surface area (Å²) in [5.74, 6) is 1.74. The molecule has 0 atom stereocenters. The largest absolute Gasteiger partial charge is 0.489 e. The molecule has 0 aliphatic carbocycles. The maximum Gasteiger partial charge on any atom is 0.191 e. The van der Waals surface area contributed by atoms with Crippen LogP contribution in [0.2, 0.25) is 0 Å². The SMILES string of the molecule is CN=C(NCCc1ccc(OCc2ccccc2)cc1)NC(C)C.I. The Balaban J connectivity index is 0.00000312. The minimum Gasteiger partial charge on any atom is -0.489 e. The summed E-state index contributed by atoms with van der Waals surface area (Å²) in [7, 11) is 1.79. The molecule has 0 bridgehead atoms. The van der Waals surface area contributed by atoms with E-state index in [1.165, 1.54) is 11.1 Å². The predicted molar refractivity (Wildman–Crippen MR) is 116 cm³/mol. The topological polar surface area (TPSA) is 45.7 Å². The number of aliphatic imine (C=N–C) groups is 1. The van der Waals surface area contributed by atoms with Crippen molar-refractivity contribution in [2.24, 2.45) is 4.99 Å². The van der Waals surface area contributed by atoms with Crippen molar-refractivity contribution in [2.45, 2.75) is 32.9 Å². The fourth-order valence-electron chi connectivity index (χ4n) is 2.29. The summed E-state index contributed by atoms with van der Waals surface area (Å²) < 4.78 is 5.81. The first-order valence-corrected chi connectivity index (χ1v) is 8.40. The van der Waals surface area contributed by atoms with E-state index in [0.29, 0.717) is 12.6 Å². The Labute approximate surface area is 168 Å². The van der Waals surface area contributed by atoms with Crippen LogP contribution in [0.5, 0.6) is 5.75 Å². The molecule has 0 heterocycles. The molecule has 5 heteroatoms. The molecule has 0 radical (unpaired) electrons. The van der Waals surface area contributed by atoms with Gasteiger partial charge in [0, 0.05) is 19.6 Å². The molecule has 0 saturated heterocycles. The summed E-state index contributed by atoms with van der Waals surface area (Å²) in [6.07, 6.45) is 0.942. The number of halogens is 1. The van der Waals surface area contributed by atoms with E-state index >= 15 is 0 Å². The molecular formula is C20H28IN3O. The number of rotatable bonds is 7. The molecule has 0 amide bonds. The van der Waals surface area contributed by atoms with Gasteiger partial charge in [-0.05, 0) is 43.5 Å². The minimum absolute atomic E-state index is 0. The highest BCUT2D eigenvalue weighted by atomic mass is 127. The highest BCUT2D eigenvalue weighted by Gasteiger charge is 2.01. The molecule has 2 aromatic carbocycles. The summed E-state index contributed by atoms with van der Waals surface area (Å²) in [6.45, 7) is 5.64. The molecule has 2 N–H and O–H groups in total. The molecule has 0 fully saturated rings. The van der Waals surface area contributed by atoms with E-state index in [1.54, 1.807) is 7.05 Å². The lowest BCUT2D eigenvalue weighted by molar-refractivity contribution is 0.306. The van der Waals surface area contributed by atoms with Gasteiger partial charge < -0.3 is 15.4 Å². The van der Waals surface area contributed by atoms with Gasteiger partial charge in [-0.3, -0.25) is 4.99 Å². The standard InChI is InChI=1S/C20H27N3O.HI/c1-16(2)23-20(21-3)22-14-13-17-9-11-19(12-10-17)24-15-18-7-5-4-6-8-18;/h4-12,16H,13-15H2,1-3H3,(H2,21,22,23);1H. The minimum atomic E-state index is 0. The van der Waals surface area contributed by atoms with Crippen molar-refractivity contribution in [1.82, 2.24) is 10.6 Å². The van der Waals surface area contributed by atoms with E-state index in [4.69, 9.17) is 4.74 Å². The van der Waals surface area contributed by atoms with Crippen molar-refractivity contribution in [3.05, 3.63) is 65.7 Å². The van der Waals surface area contributed by atoms with Crippen LogP contribution in [0.15, 0.2) is 59.6 Å². The molecule has 0 aliphatic heterocycles. The second-order valence-electron chi connectivity index (χ2n) is 5.97. The average molecular weight is 453 g/mol. The van der Waals surface area contributed by atoms with Gasteiger partial charge in [0.1, 0.15) is 12.4 Å². The van der Waals surface area contributed by atoms with Crippen molar-refractivity contribution >= 4 is 29.9 Å². The van der Waals surface area contributed by atoms with Crippen LogP contribution in [-0.2, 0) is 13.0 Å². The first-order valence-electron chi connectivity index (χ1n) is 8.40. The van der Waals surface area contributed by atoms with Crippen LogP contribution in [0.1, 0.15) is 25.0 Å². The molecule has 25 heavy (non-hydrogen) atoms. The van der Waals surface area contributed by atoms with Gasteiger partial charge in [-0.25, -0.2) is 0 Å². The van der Waals surface area contributed by atoms with E-state index in [9.17, 15) is 0 Å². The molecule has 0 aromatic heterocycles. The maximum absolute atomic E-state index is 5.81. The molecule has 4 nitrogen and oxygen atoms in total. The van der Waals surface area contributed by atoms with Crippen LogP contribution < -0.4 is 15.4 Å². The summed E-state index contributed by atoms with van der Waals surface area (Å²) in [5, 5.41) is 6.59. The summed E-state index contributed by atoms with van der Waals surface area (Å²) in [5.41, 5.74) is 2.45. The van der Waals surface area contributed by atoms with E-state index in [1.807, 2.05) is 30.3 Å². The van der Waals surface area contributed by atoms with E-state index in [0.717, 1.165) is 24.7 Å². The summed E-state index contributed by atoms with van der Waals surface area (Å²) in [4.78, 5) is 4.20. The second-order valence-corrected chi connectivity index (χ2v) is 5.97. The van der Waals surface area contributed by atoms with Gasteiger partial charge in [0.25, 0.3) is 0 Å². The fourth-order valence-corrected chi connectivity index (χ4v) is 2.29. The van der Waals surface area contributed by atoms with E-state index < -0.39 is 0 Å². The zero-order valence-electron chi connectivity index (χ0n) is 15.2. The normalized spacial score (nSPS) is 11.0. The molecule has 0 unspecified atom stereocenters. The number of ether oxygens (including phenoxy) is 1. The number of guanidine groups is 1. The van der Waals surface area contributed by atoms with Gasteiger partial charge in [-0.2, -0.15) is 0 Å². The number of hydrogen-bond donors (Lipinski definition) is 2. The van der Waals surface area contributed by atoms with E-state index in [2.05, 4.69) is 53.7 Å². The Morgan fingerprint density at radius 2 is 1.68 bits per heavy atom. The molecule has 0 saturated carbocycles. The number of nitrogens with one attached hydrogen (secondary N) is 2. The van der Waals surface area contributed by atoms with Gasteiger partial charge in [-0.1, -0.05) is 42.5 Å². The lowest BCUT2D eigenvalue weighted by Crippen LogP contribution is -2.41. The van der Waals surface area contributed by atoms with Gasteiger partial charge >= 0.3 is 0 Å². The van der Waals surface area contributed by atoms with Crippen molar-refractivity contribution < 1.29 is 4.74 Å². The van der Waals surface area contributed by atoms with Gasteiger partial charge in [0.2, 0.25) is 0 Å². The molecule has 0 spiro atoms. The number of hydrogen-bond acceptors (Lipinski definition) is 2. The number of benzene rings is 2. The predicted octanol–water partition coefficient (Wildman–Crippen LogP) is 4.00. The molecule has 0 aliphatic rings. The Kier molecular flexibility index (Phi) is 9.99. The first kappa shape index (κ1) is 21.3. The zero-order valence-corrected chi connectivity index (χ0v) is 17.5. The quantitative estimate of drug-likeness (QED) is 0.379. The third-order valence-electron chi connectivity index (χ3n) is 3.53. The fraction of sp³-hybridized carbons (Fsp3) is 0.350. The summed E-state index contributed by atoms with van der Waals surface area (Å²) in [6, 6.07) is 18.8. The van der Waals surface area contributed by atoms with Crippen molar-refractivity contribution in [1.29, 1.82) is 0 Å². The second kappa shape index (κ2) is 11.7. The Morgan fingerprint density at radius 1 is 1.00 bits per heavy atom. The highest BCUT2D eigenvalue weighted by Crippen LogP contribution is 2.14. The van der Waals surface area contributed by atoms with Crippen LogP contribution in [0.3, 0.4) is 0 Å². The third-order valence-corrected chi connectivity index (χ3v) is 3.53. The van der Waals surface area contributed by atoms with Crippen molar-refractivity contribution in [3.8, 4) is 5.75 Å². The average Bonchev–Trinajstić information content (AvgIpc) is 2.60. The molecule has 2 rings (SSSR count). The zero-order chi connectivity index (χ0) is 17.2. The van der Waals surface area contributed by atoms with Gasteiger partial charge in [0.05, 0.1) is 0 Å². The molecule has 2 aromatic rings. The van der Waals surface area contributed by atoms with Crippen LogP contribution in [0.4, 0.5) is 0 Å². The van der Waals surface area contributed by atoms with Crippen molar-refractivity contribution in [2.75, 3.05) is 13.6 Å². The first-order chi connectivity index (χ1) is 11.7. The summed E-state index contributed by atoms with van der Waals surface area (Å²) >= 11 is 0. The van der Waals surface area contributed by atoms with Crippen LogP contribution in [-0.4, -0.2) is 25.6 Å². The Bertz CT molecular complexity index is 627. The maximum atomic E-state index is 5.81. The molecule has 136 valence electrons. The van der Waals surface area contributed by atoms with Crippen molar-refractivity contribution in [3.63, 3.8) is 0 Å². The molecular weight excluding hydrogens is 425 g/mol. The number of nitrogens with zero attached hydrogens (tertiary/aromatic N) is 1. The monoisotopic (exact) mass is 453 g/mol. The Morgan fingerprint density at radius 3 is 2.28 bits per heavy atom. The Hall–Kier alpha value is -1.76. The van der Waals surface area contributed by atoms with Crippen LogP contribution >= 0.6 is 24.0 Å². The smallest absolute Gasteiger partial charge is 0.191 e. The van der Waals surface area contributed by atoms with Gasteiger partial charge in [-0.15, -0.1) is 24.0 Å². The lowest BCUT2D eigenvalue weighted by atomic mass is 10.1.